The Hall–Kier alpha value is -0.590. The van der Waals surface area contributed by atoms with Crippen LogP contribution >= 0.6 is 0 Å². The first-order valence-electron chi connectivity index (χ1n) is 6.39. The van der Waals surface area contributed by atoms with Gasteiger partial charge in [-0.2, -0.15) is 5.26 Å². The molecule has 0 N–H and O–H groups in total. The molecule has 0 spiro atoms. The standard InChI is InChI=1S/C13H23N3/c1-13(2)10-16(8-7-15(13)3)12-6-4-5-11(12)9-14/h11-12H,4-8,10H2,1-3H3. The zero-order chi connectivity index (χ0) is 11.8. The maximum absolute atomic E-state index is 9.16. The van der Waals surface area contributed by atoms with Crippen molar-refractivity contribution in [2.75, 3.05) is 26.7 Å². The van der Waals surface area contributed by atoms with Gasteiger partial charge in [0.05, 0.1) is 12.0 Å². The summed E-state index contributed by atoms with van der Waals surface area (Å²) < 4.78 is 0. The number of nitrogens with zero attached hydrogens (tertiary/aromatic N) is 3. The molecule has 0 aromatic heterocycles. The van der Waals surface area contributed by atoms with Crippen LogP contribution in [0, 0.1) is 17.2 Å². The van der Waals surface area contributed by atoms with Crippen molar-refractivity contribution in [1.29, 1.82) is 5.26 Å². The molecule has 1 saturated carbocycles. The lowest BCUT2D eigenvalue weighted by Gasteiger charge is -2.47. The fourth-order valence-corrected chi connectivity index (χ4v) is 3.09. The SMILES string of the molecule is CN1CCN(C2CCCC2C#N)CC1(C)C. The highest BCUT2D eigenvalue weighted by Gasteiger charge is 2.38. The summed E-state index contributed by atoms with van der Waals surface area (Å²) >= 11 is 0. The molecule has 0 radical (unpaired) electrons. The third kappa shape index (κ3) is 2.09. The van der Waals surface area contributed by atoms with Crippen molar-refractivity contribution in [3.05, 3.63) is 0 Å². The highest BCUT2D eigenvalue weighted by Crippen LogP contribution is 2.32. The topological polar surface area (TPSA) is 30.3 Å². The summed E-state index contributed by atoms with van der Waals surface area (Å²) in [5.74, 6) is 0.277. The molecule has 2 atom stereocenters. The second-order valence-corrected chi connectivity index (χ2v) is 5.94. The molecule has 0 aromatic rings. The van der Waals surface area contributed by atoms with E-state index < -0.39 is 0 Å². The van der Waals surface area contributed by atoms with Crippen molar-refractivity contribution in [1.82, 2.24) is 9.80 Å². The summed E-state index contributed by atoms with van der Waals surface area (Å²) in [6.07, 6.45) is 3.56. The second kappa shape index (κ2) is 4.35. The third-order valence-electron chi connectivity index (χ3n) is 4.46. The zero-order valence-corrected chi connectivity index (χ0v) is 10.7. The van der Waals surface area contributed by atoms with Crippen molar-refractivity contribution < 1.29 is 0 Å². The van der Waals surface area contributed by atoms with Gasteiger partial charge in [-0.05, 0) is 33.7 Å². The maximum atomic E-state index is 9.16. The van der Waals surface area contributed by atoms with Gasteiger partial charge in [0.2, 0.25) is 0 Å². The molecule has 2 unspecified atom stereocenters. The van der Waals surface area contributed by atoms with E-state index in [4.69, 9.17) is 5.26 Å². The minimum atomic E-state index is 0.251. The minimum Gasteiger partial charge on any atom is -0.299 e. The fourth-order valence-electron chi connectivity index (χ4n) is 3.09. The van der Waals surface area contributed by atoms with Crippen LogP contribution in [0.4, 0.5) is 0 Å². The van der Waals surface area contributed by atoms with E-state index in [1.807, 2.05) is 0 Å². The van der Waals surface area contributed by atoms with Gasteiger partial charge in [0, 0.05) is 31.2 Å². The van der Waals surface area contributed by atoms with Crippen LogP contribution in [0.1, 0.15) is 33.1 Å². The van der Waals surface area contributed by atoms with Gasteiger partial charge in [-0.3, -0.25) is 9.80 Å². The number of nitriles is 1. The molecule has 1 saturated heterocycles. The van der Waals surface area contributed by atoms with E-state index in [9.17, 15) is 0 Å². The Morgan fingerprint density at radius 1 is 1.25 bits per heavy atom. The first-order valence-corrected chi connectivity index (χ1v) is 6.39. The average Bonchev–Trinajstić information content (AvgIpc) is 2.70. The molecule has 3 heteroatoms. The molecule has 2 rings (SSSR count). The van der Waals surface area contributed by atoms with Crippen molar-refractivity contribution in [3.63, 3.8) is 0 Å². The maximum Gasteiger partial charge on any atom is 0.0672 e. The Morgan fingerprint density at radius 3 is 2.62 bits per heavy atom. The molecule has 2 aliphatic rings. The van der Waals surface area contributed by atoms with Crippen molar-refractivity contribution in [2.45, 2.75) is 44.7 Å². The highest BCUT2D eigenvalue weighted by molar-refractivity contribution is 5.00. The van der Waals surface area contributed by atoms with Gasteiger partial charge in [-0.1, -0.05) is 6.42 Å². The first-order chi connectivity index (χ1) is 7.54. The molecule has 1 heterocycles. The van der Waals surface area contributed by atoms with Crippen molar-refractivity contribution >= 4 is 0 Å². The average molecular weight is 221 g/mol. The Labute approximate surface area is 99.0 Å². The van der Waals surface area contributed by atoms with E-state index in [1.54, 1.807) is 0 Å². The normalized spacial score (nSPS) is 36.1. The van der Waals surface area contributed by atoms with E-state index in [2.05, 4.69) is 36.8 Å². The fraction of sp³-hybridized carbons (Fsp3) is 0.923. The largest absolute Gasteiger partial charge is 0.299 e. The second-order valence-electron chi connectivity index (χ2n) is 5.94. The van der Waals surface area contributed by atoms with E-state index in [-0.39, 0.29) is 11.5 Å². The van der Waals surface area contributed by atoms with Gasteiger partial charge in [-0.15, -0.1) is 0 Å². The predicted molar refractivity (Wildman–Crippen MR) is 65.0 cm³/mol. The van der Waals surface area contributed by atoms with Crippen molar-refractivity contribution in [3.8, 4) is 6.07 Å². The summed E-state index contributed by atoms with van der Waals surface area (Å²) in [6.45, 7) is 7.96. The Kier molecular flexibility index (Phi) is 3.23. The third-order valence-corrected chi connectivity index (χ3v) is 4.46. The molecule has 90 valence electrons. The molecule has 2 fully saturated rings. The van der Waals surface area contributed by atoms with Gasteiger partial charge in [0.1, 0.15) is 0 Å². The van der Waals surface area contributed by atoms with Crippen molar-refractivity contribution in [2.24, 2.45) is 5.92 Å². The molecular formula is C13H23N3. The van der Waals surface area contributed by atoms with Crippen LogP contribution < -0.4 is 0 Å². The zero-order valence-electron chi connectivity index (χ0n) is 10.7. The van der Waals surface area contributed by atoms with Gasteiger partial charge in [-0.25, -0.2) is 0 Å². The van der Waals surface area contributed by atoms with Crippen LogP contribution in [0.25, 0.3) is 0 Å². The minimum absolute atomic E-state index is 0.251. The Morgan fingerprint density at radius 2 is 2.00 bits per heavy atom. The predicted octanol–water partition coefficient (Wildman–Crippen LogP) is 1.70. The number of hydrogen-bond donors (Lipinski definition) is 0. The highest BCUT2D eigenvalue weighted by atomic mass is 15.3. The first kappa shape index (κ1) is 11.9. The van der Waals surface area contributed by atoms with Gasteiger partial charge in [0.25, 0.3) is 0 Å². The molecule has 1 aliphatic heterocycles. The van der Waals surface area contributed by atoms with Crippen LogP contribution in [0.2, 0.25) is 0 Å². The lowest BCUT2D eigenvalue weighted by molar-refractivity contribution is 0.0124. The summed E-state index contributed by atoms with van der Waals surface area (Å²) in [5, 5.41) is 9.16. The lowest BCUT2D eigenvalue weighted by atomic mass is 9.95. The Balaban J connectivity index is 2.04. The molecule has 16 heavy (non-hydrogen) atoms. The lowest BCUT2D eigenvalue weighted by Crippen LogP contribution is -2.60. The molecule has 0 bridgehead atoms. The quantitative estimate of drug-likeness (QED) is 0.675. The van der Waals surface area contributed by atoms with E-state index >= 15 is 0 Å². The van der Waals surface area contributed by atoms with Crippen LogP contribution in [-0.2, 0) is 0 Å². The van der Waals surface area contributed by atoms with Gasteiger partial charge in [0.15, 0.2) is 0 Å². The van der Waals surface area contributed by atoms with Gasteiger partial charge >= 0.3 is 0 Å². The monoisotopic (exact) mass is 221 g/mol. The molecule has 0 amide bonds. The Bertz CT molecular complexity index is 292. The number of rotatable bonds is 1. The summed E-state index contributed by atoms with van der Waals surface area (Å²) in [5.41, 5.74) is 0.251. The summed E-state index contributed by atoms with van der Waals surface area (Å²) in [6, 6.07) is 3.02. The van der Waals surface area contributed by atoms with Gasteiger partial charge < -0.3 is 0 Å². The molecule has 1 aliphatic carbocycles. The van der Waals surface area contributed by atoms with Crippen LogP contribution in [-0.4, -0.2) is 48.1 Å². The summed E-state index contributed by atoms with van der Waals surface area (Å²) in [4.78, 5) is 4.99. The number of hydrogen-bond acceptors (Lipinski definition) is 3. The van der Waals surface area contributed by atoms with E-state index in [1.165, 1.54) is 12.8 Å². The van der Waals surface area contributed by atoms with E-state index in [0.717, 1.165) is 26.1 Å². The molecule has 0 aromatic carbocycles. The number of piperazine rings is 1. The summed E-state index contributed by atoms with van der Waals surface area (Å²) in [7, 11) is 2.20. The smallest absolute Gasteiger partial charge is 0.0672 e. The van der Waals surface area contributed by atoms with E-state index in [0.29, 0.717) is 6.04 Å². The van der Waals surface area contributed by atoms with Crippen LogP contribution in [0.5, 0.6) is 0 Å². The number of likely N-dealkylation sites (N-methyl/N-ethyl adjacent to an activating group) is 1. The molecular weight excluding hydrogens is 198 g/mol. The van der Waals surface area contributed by atoms with Crippen LogP contribution in [0.3, 0.4) is 0 Å². The molecule has 3 nitrogen and oxygen atoms in total. The van der Waals surface area contributed by atoms with Crippen LogP contribution in [0.15, 0.2) is 0 Å².